The van der Waals surface area contributed by atoms with Crippen LogP contribution < -0.4 is 0 Å². The first-order valence-corrected chi connectivity index (χ1v) is 7.95. The normalized spacial score (nSPS) is 33.0. The zero-order valence-electron chi connectivity index (χ0n) is 13.3. The fraction of sp³-hybridized carbons (Fsp3) is 0.867. The highest BCUT2D eigenvalue weighted by Gasteiger charge is 2.59. The molecular formula is C15H25N3O4. The summed E-state index contributed by atoms with van der Waals surface area (Å²) in [6, 6.07) is 0.334. The molecule has 0 aromatic carbocycles. The van der Waals surface area contributed by atoms with Gasteiger partial charge in [-0.2, -0.15) is 0 Å². The van der Waals surface area contributed by atoms with Crippen LogP contribution in [0.5, 0.6) is 0 Å². The van der Waals surface area contributed by atoms with Crippen molar-refractivity contribution in [3.8, 4) is 0 Å². The number of aliphatic carboxylic acids is 1. The number of urea groups is 1. The van der Waals surface area contributed by atoms with Crippen molar-refractivity contribution < 1.29 is 19.4 Å². The fourth-order valence-corrected chi connectivity index (χ4v) is 4.16. The van der Waals surface area contributed by atoms with Crippen molar-refractivity contribution in [2.24, 2.45) is 11.3 Å². The lowest BCUT2D eigenvalue weighted by Gasteiger charge is -2.33. The maximum atomic E-state index is 12.2. The van der Waals surface area contributed by atoms with Crippen molar-refractivity contribution in [2.75, 3.05) is 53.5 Å². The Balaban J connectivity index is 1.74. The summed E-state index contributed by atoms with van der Waals surface area (Å²) in [5.41, 5.74) is -0.802. The summed E-state index contributed by atoms with van der Waals surface area (Å²) in [5, 5.41) is 9.83. The molecule has 0 spiro atoms. The van der Waals surface area contributed by atoms with Gasteiger partial charge in [-0.25, -0.2) is 4.79 Å². The van der Waals surface area contributed by atoms with E-state index in [1.807, 2.05) is 0 Å². The zero-order valence-corrected chi connectivity index (χ0v) is 13.3. The molecule has 0 aromatic rings. The van der Waals surface area contributed by atoms with Gasteiger partial charge in [0.25, 0.3) is 0 Å². The van der Waals surface area contributed by atoms with Gasteiger partial charge in [0.2, 0.25) is 0 Å². The number of carbonyl (C=O) groups is 2. The van der Waals surface area contributed by atoms with Gasteiger partial charge in [-0.1, -0.05) is 0 Å². The minimum atomic E-state index is -0.802. The average molecular weight is 311 g/mol. The molecule has 3 aliphatic heterocycles. The lowest BCUT2D eigenvalue weighted by atomic mass is 9.81. The number of amides is 2. The highest BCUT2D eigenvalue weighted by molar-refractivity contribution is 5.80. The number of fused-ring (bicyclic) bond motifs is 1. The van der Waals surface area contributed by atoms with Gasteiger partial charge < -0.3 is 19.6 Å². The van der Waals surface area contributed by atoms with Crippen molar-refractivity contribution in [1.82, 2.24) is 14.7 Å². The summed E-state index contributed by atoms with van der Waals surface area (Å²) >= 11 is 0. The zero-order chi connectivity index (χ0) is 15.9. The maximum Gasteiger partial charge on any atom is 0.319 e. The highest BCUT2D eigenvalue weighted by atomic mass is 16.5. The Morgan fingerprint density at radius 3 is 2.41 bits per heavy atom. The van der Waals surface area contributed by atoms with E-state index in [0.717, 1.165) is 32.6 Å². The molecule has 7 nitrogen and oxygen atoms in total. The van der Waals surface area contributed by atoms with Gasteiger partial charge in [-0.05, 0) is 12.8 Å². The summed E-state index contributed by atoms with van der Waals surface area (Å²) in [4.78, 5) is 29.7. The Morgan fingerprint density at radius 1 is 1.18 bits per heavy atom. The van der Waals surface area contributed by atoms with Crippen LogP contribution in [0.3, 0.4) is 0 Å². The third-order valence-corrected chi connectivity index (χ3v) is 5.42. The number of carboxylic acids is 1. The second-order valence-electron chi connectivity index (χ2n) is 6.99. The van der Waals surface area contributed by atoms with Crippen LogP contribution in [0.4, 0.5) is 4.79 Å². The molecule has 0 radical (unpaired) electrons. The molecule has 7 heteroatoms. The Labute approximate surface area is 130 Å². The molecule has 3 rings (SSSR count). The molecule has 1 N–H and O–H groups in total. The second kappa shape index (κ2) is 5.70. The number of hydrogen-bond acceptors (Lipinski definition) is 4. The molecule has 0 saturated carbocycles. The van der Waals surface area contributed by atoms with Gasteiger partial charge in [0, 0.05) is 65.4 Å². The summed E-state index contributed by atoms with van der Waals surface area (Å²) in [7, 11) is 3.41. The number of ether oxygens (including phenoxy) is 1. The maximum absolute atomic E-state index is 12.2. The Hall–Kier alpha value is -1.34. The number of rotatable bonds is 2. The number of nitrogens with zero attached hydrogens (tertiary/aromatic N) is 3. The quantitative estimate of drug-likeness (QED) is 0.787. The minimum absolute atomic E-state index is 0.0248. The topological polar surface area (TPSA) is 73.3 Å². The van der Waals surface area contributed by atoms with Crippen molar-refractivity contribution in [1.29, 1.82) is 0 Å². The second-order valence-corrected chi connectivity index (χ2v) is 6.99. The number of hydrogen-bond donors (Lipinski definition) is 1. The highest BCUT2D eigenvalue weighted by Crippen LogP contribution is 2.44. The molecule has 3 saturated heterocycles. The average Bonchev–Trinajstić information content (AvgIpc) is 3.02. The minimum Gasteiger partial charge on any atom is -0.481 e. The summed E-state index contributed by atoms with van der Waals surface area (Å²) < 4.78 is 5.40. The van der Waals surface area contributed by atoms with Crippen LogP contribution in [-0.4, -0.2) is 91.3 Å². The molecule has 0 aromatic heterocycles. The molecule has 3 aliphatic rings. The van der Waals surface area contributed by atoms with E-state index in [9.17, 15) is 14.7 Å². The van der Waals surface area contributed by atoms with Gasteiger partial charge in [-0.15, -0.1) is 0 Å². The van der Waals surface area contributed by atoms with E-state index in [-0.39, 0.29) is 11.9 Å². The van der Waals surface area contributed by atoms with E-state index >= 15 is 0 Å². The standard InChI is InChI=1S/C15H25N3O4/c1-16(2)14(21)18-8-11-7-17(12-3-5-22-6-4-12)9-15(11,10-18)13(19)20/h11-12H,3-10H2,1-2H3,(H,19,20)/t11-,15-/m1/s1. The Kier molecular flexibility index (Phi) is 4.03. The van der Waals surface area contributed by atoms with Gasteiger partial charge in [-0.3, -0.25) is 9.69 Å². The lowest BCUT2D eigenvalue weighted by molar-refractivity contribution is -0.148. The summed E-state index contributed by atoms with van der Waals surface area (Å²) in [6.45, 7) is 3.71. The van der Waals surface area contributed by atoms with Crippen LogP contribution >= 0.6 is 0 Å². The Morgan fingerprint density at radius 2 is 1.86 bits per heavy atom. The first-order valence-electron chi connectivity index (χ1n) is 7.95. The smallest absolute Gasteiger partial charge is 0.319 e. The van der Waals surface area contributed by atoms with Crippen molar-refractivity contribution in [3.05, 3.63) is 0 Å². The van der Waals surface area contributed by atoms with Crippen LogP contribution in [0.1, 0.15) is 12.8 Å². The van der Waals surface area contributed by atoms with Crippen LogP contribution in [-0.2, 0) is 9.53 Å². The first kappa shape index (κ1) is 15.6. The molecular weight excluding hydrogens is 286 g/mol. The lowest BCUT2D eigenvalue weighted by Crippen LogP contribution is -2.46. The predicted octanol–water partition coefficient (Wildman–Crippen LogP) is 0.165. The van der Waals surface area contributed by atoms with E-state index in [1.165, 1.54) is 4.90 Å². The Bertz CT molecular complexity index is 464. The van der Waals surface area contributed by atoms with Crippen molar-refractivity contribution >= 4 is 12.0 Å². The van der Waals surface area contributed by atoms with E-state index in [2.05, 4.69) is 4.90 Å². The monoisotopic (exact) mass is 311 g/mol. The first-order chi connectivity index (χ1) is 10.4. The molecule has 3 fully saturated rings. The molecule has 0 bridgehead atoms. The number of likely N-dealkylation sites (tertiary alicyclic amines) is 2. The molecule has 2 amide bonds. The van der Waals surface area contributed by atoms with Crippen molar-refractivity contribution in [3.63, 3.8) is 0 Å². The summed E-state index contributed by atoms with van der Waals surface area (Å²) in [6.07, 6.45) is 1.95. The third-order valence-electron chi connectivity index (χ3n) is 5.42. The van der Waals surface area contributed by atoms with Crippen molar-refractivity contribution in [2.45, 2.75) is 18.9 Å². The van der Waals surface area contributed by atoms with Gasteiger partial charge in [0.05, 0.1) is 0 Å². The molecule has 0 aliphatic carbocycles. The summed E-state index contributed by atoms with van der Waals surface area (Å²) in [5.74, 6) is -0.738. The molecule has 2 atom stereocenters. The predicted molar refractivity (Wildman–Crippen MR) is 79.6 cm³/mol. The molecule has 0 unspecified atom stereocenters. The van der Waals surface area contributed by atoms with E-state index < -0.39 is 11.4 Å². The molecule has 22 heavy (non-hydrogen) atoms. The number of carbonyl (C=O) groups excluding carboxylic acids is 1. The van der Waals surface area contributed by atoms with Crippen LogP contribution in [0, 0.1) is 11.3 Å². The number of carboxylic acid groups (broad SMARTS) is 1. The SMILES string of the molecule is CN(C)C(=O)N1C[C@H]2CN(C3CCOCC3)C[C@@]2(C(=O)O)C1. The molecule has 124 valence electrons. The van der Waals surface area contributed by atoms with Gasteiger partial charge >= 0.3 is 12.0 Å². The fourth-order valence-electron chi connectivity index (χ4n) is 4.16. The van der Waals surface area contributed by atoms with E-state index in [0.29, 0.717) is 25.7 Å². The van der Waals surface area contributed by atoms with Crippen LogP contribution in [0.25, 0.3) is 0 Å². The third kappa shape index (κ3) is 2.46. The van der Waals surface area contributed by atoms with Crippen LogP contribution in [0.2, 0.25) is 0 Å². The molecule has 3 heterocycles. The van der Waals surface area contributed by atoms with E-state index in [1.54, 1.807) is 19.0 Å². The van der Waals surface area contributed by atoms with Gasteiger partial charge in [0.15, 0.2) is 0 Å². The van der Waals surface area contributed by atoms with E-state index in [4.69, 9.17) is 4.74 Å². The largest absolute Gasteiger partial charge is 0.481 e. The van der Waals surface area contributed by atoms with Crippen LogP contribution in [0.15, 0.2) is 0 Å². The van der Waals surface area contributed by atoms with Gasteiger partial charge in [0.1, 0.15) is 5.41 Å².